The summed E-state index contributed by atoms with van der Waals surface area (Å²) in [6, 6.07) is 11.2. The second-order valence-corrected chi connectivity index (χ2v) is 14.6. The summed E-state index contributed by atoms with van der Waals surface area (Å²) in [6.07, 6.45) is -5.02. The lowest BCUT2D eigenvalue weighted by molar-refractivity contribution is -0.143. The van der Waals surface area contributed by atoms with Crippen LogP contribution in [0.1, 0.15) is 45.6 Å². The molecular weight excluding hydrogens is 766 g/mol. The monoisotopic (exact) mass is 810 g/mol. The van der Waals surface area contributed by atoms with Gasteiger partial charge in [0, 0.05) is 11.1 Å². The normalized spacial score (nSPS) is 19.7. The number of hydrogen-bond donors (Lipinski definition) is 4. The Bertz CT molecular complexity index is 2180. The van der Waals surface area contributed by atoms with Gasteiger partial charge in [0.25, 0.3) is 0 Å². The Kier molecular flexibility index (Phi) is 11.4. The number of aliphatic hydroxyl groups is 2. The molecule has 58 heavy (non-hydrogen) atoms. The number of allylic oxidation sites excluding steroid dienone is 4. The van der Waals surface area contributed by atoms with E-state index in [0.717, 1.165) is 24.6 Å². The molecule has 308 valence electrons. The lowest BCUT2D eigenvalue weighted by atomic mass is 9.64. The maximum atomic E-state index is 16.3. The number of carbonyl (C=O) groups excluding carboxylic acids is 1. The van der Waals surface area contributed by atoms with Crippen LogP contribution in [0.15, 0.2) is 96.4 Å². The molecule has 2 atom stereocenters. The molecule has 17 heteroatoms. The number of nitrogens with one attached hydrogen (secondary N) is 2. The highest BCUT2D eigenvalue weighted by Crippen LogP contribution is 2.53. The van der Waals surface area contributed by atoms with Crippen LogP contribution in [0.25, 0.3) is 11.4 Å². The van der Waals surface area contributed by atoms with Crippen molar-refractivity contribution >= 4 is 5.78 Å². The minimum absolute atomic E-state index is 0.0382. The Labute approximate surface area is 331 Å². The van der Waals surface area contributed by atoms with Gasteiger partial charge in [-0.25, -0.2) is 9.97 Å². The second-order valence-electron chi connectivity index (χ2n) is 14.6. The Morgan fingerprint density at radius 1 is 0.672 bits per heavy atom. The van der Waals surface area contributed by atoms with Gasteiger partial charge in [-0.1, -0.05) is 36.4 Å². The van der Waals surface area contributed by atoms with Crippen LogP contribution in [0.3, 0.4) is 0 Å². The maximum absolute atomic E-state index is 16.3. The molecule has 2 aliphatic heterocycles. The van der Waals surface area contributed by atoms with Gasteiger partial charge in [-0.15, -0.1) is 0 Å². The Balaban J connectivity index is 1.79. The van der Waals surface area contributed by atoms with E-state index in [1.54, 1.807) is 51.8 Å². The highest BCUT2D eigenvalue weighted by molar-refractivity contribution is 6.06. The van der Waals surface area contributed by atoms with E-state index < -0.39 is 53.6 Å². The minimum Gasteiger partial charge on any atom is -0.390 e. The van der Waals surface area contributed by atoms with Gasteiger partial charge in [0.05, 0.1) is 71.6 Å². The summed E-state index contributed by atoms with van der Waals surface area (Å²) in [4.78, 5) is 29.0. The average Bonchev–Trinajstić information content (AvgIpc) is 3.65. The summed E-state index contributed by atoms with van der Waals surface area (Å²) in [6.45, 7) is 2.30. The predicted molar refractivity (Wildman–Crippen MR) is 204 cm³/mol. The zero-order chi connectivity index (χ0) is 42.4. The Morgan fingerprint density at radius 2 is 1.03 bits per heavy atom. The van der Waals surface area contributed by atoms with E-state index in [0.29, 0.717) is 35.2 Å². The van der Waals surface area contributed by atoms with Crippen LogP contribution in [-0.2, 0) is 42.2 Å². The number of benzene rings is 2. The number of ketones is 1. The van der Waals surface area contributed by atoms with Crippen LogP contribution in [0.5, 0.6) is 0 Å². The smallest absolute Gasteiger partial charge is 0.390 e. The summed E-state index contributed by atoms with van der Waals surface area (Å²) in [5.74, 6) is -0.991. The van der Waals surface area contributed by atoms with Gasteiger partial charge in [-0.2, -0.15) is 26.3 Å². The first-order valence-electron chi connectivity index (χ1n) is 18.2. The largest absolute Gasteiger partial charge is 0.415 e. The maximum Gasteiger partial charge on any atom is 0.415 e. The van der Waals surface area contributed by atoms with E-state index >= 15 is 31.1 Å². The van der Waals surface area contributed by atoms with E-state index in [1.807, 2.05) is 0 Å². The van der Waals surface area contributed by atoms with Gasteiger partial charge in [0.15, 0.2) is 11.1 Å². The van der Waals surface area contributed by atoms with Crippen molar-refractivity contribution in [1.29, 1.82) is 0 Å². The number of Topliss-reactive ketones (excluding diaryl/α,β-unsaturated/α-hetero) is 1. The highest BCUT2D eigenvalue weighted by Gasteiger charge is 2.65. The summed E-state index contributed by atoms with van der Waals surface area (Å²) >= 11 is 0. The van der Waals surface area contributed by atoms with Gasteiger partial charge < -0.3 is 30.6 Å². The third kappa shape index (κ3) is 7.05. The number of hydrogen-bond acceptors (Lipinski definition) is 9. The average molecular weight is 811 g/mol. The molecule has 4 heterocycles. The molecule has 4 aromatic rings. The quantitative estimate of drug-likeness (QED) is 0.135. The number of carbonyl (C=O) groups is 1. The first-order valence-corrected chi connectivity index (χ1v) is 18.2. The van der Waals surface area contributed by atoms with Crippen LogP contribution in [0.2, 0.25) is 0 Å². The number of aromatic nitrogens is 4. The topological polar surface area (TPSA) is 124 Å². The van der Waals surface area contributed by atoms with Crippen molar-refractivity contribution in [3.05, 3.63) is 142 Å². The van der Waals surface area contributed by atoms with Crippen molar-refractivity contribution in [2.75, 3.05) is 28.2 Å². The zero-order valence-corrected chi connectivity index (χ0v) is 32.7. The molecule has 0 bridgehead atoms. The molecule has 0 spiro atoms. The van der Waals surface area contributed by atoms with Crippen molar-refractivity contribution in [3.8, 4) is 11.4 Å². The predicted octanol–water partition coefficient (Wildman–Crippen LogP) is 5.65. The lowest BCUT2D eigenvalue weighted by Gasteiger charge is -2.48. The second kappa shape index (κ2) is 15.7. The van der Waals surface area contributed by atoms with Crippen molar-refractivity contribution in [3.63, 3.8) is 0 Å². The number of imidazole rings is 2. The molecule has 2 aromatic carbocycles. The van der Waals surface area contributed by atoms with Crippen LogP contribution in [0, 0.1) is 13.8 Å². The van der Waals surface area contributed by atoms with Gasteiger partial charge in [0.1, 0.15) is 11.6 Å². The van der Waals surface area contributed by atoms with Crippen LogP contribution in [0.4, 0.5) is 26.3 Å². The van der Waals surface area contributed by atoms with Gasteiger partial charge >= 0.3 is 12.4 Å². The molecule has 0 fully saturated rings. The molecule has 4 N–H and O–H groups in total. The molecule has 0 saturated carbocycles. The highest BCUT2D eigenvalue weighted by atomic mass is 19.4. The minimum atomic E-state index is -5.30. The fourth-order valence-electron chi connectivity index (χ4n) is 7.94. The Morgan fingerprint density at radius 3 is 1.36 bits per heavy atom. The fourth-order valence-corrected chi connectivity index (χ4v) is 7.94. The SMILES string of the molecule is Cc1nc(CN(C)C)n(-c2ccccc2C2(C(=O)C3(c4ccccc4-n4c(CN(C)C)nc(C)c4CO)NC=CC=C3C(F)(F)F)NC=CC=C2C(F)(F)F)c1CO. The number of aliphatic hydroxyl groups excluding tert-OH is 2. The van der Waals surface area contributed by atoms with Crippen LogP contribution >= 0.6 is 0 Å². The third-order valence-electron chi connectivity index (χ3n) is 10.2. The third-order valence-corrected chi connectivity index (χ3v) is 10.2. The molecule has 2 aromatic heterocycles. The van der Waals surface area contributed by atoms with Crippen LogP contribution in [-0.4, -0.2) is 85.4 Å². The molecule has 0 aliphatic carbocycles. The number of alkyl halides is 6. The number of para-hydroxylation sites is 2. The van der Waals surface area contributed by atoms with Crippen molar-refractivity contribution in [1.82, 2.24) is 39.5 Å². The van der Waals surface area contributed by atoms with E-state index in [1.165, 1.54) is 57.7 Å². The lowest BCUT2D eigenvalue weighted by Crippen LogP contribution is -2.65. The zero-order valence-electron chi connectivity index (χ0n) is 32.7. The summed E-state index contributed by atoms with van der Waals surface area (Å²) in [5, 5.41) is 26.5. The summed E-state index contributed by atoms with van der Waals surface area (Å²) in [7, 11) is 6.96. The van der Waals surface area contributed by atoms with E-state index in [-0.39, 0.29) is 47.0 Å². The first-order chi connectivity index (χ1) is 27.3. The number of dihydropyridines is 2. The van der Waals surface area contributed by atoms with E-state index in [9.17, 15) is 10.2 Å². The number of rotatable bonds is 12. The number of aryl methyl sites for hydroxylation is 2. The summed E-state index contributed by atoms with van der Waals surface area (Å²) < 4.78 is 97.6. The van der Waals surface area contributed by atoms with Crippen LogP contribution < -0.4 is 10.6 Å². The first kappa shape index (κ1) is 42.1. The molecule has 2 unspecified atom stereocenters. The molecule has 0 radical (unpaired) electrons. The van der Waals surface area contributed by atoms with Crippen molar-refractivity contribution in [2.45, 2.75) is 63.6 Å². The van der Waals surface area contributed by atoms with E-state index in [2.05, 4.69) is 20.6 Å². The Hall–Kier alpha value is -5.49. The standard InChI is InChI=1S/C41H44F6N8O3/c1-25-31(23-56)54(35(50-25)21-52(3)4)29-15-9-7-13-27(29)38(33(40(42,43)44)17-11-19-48-38)37(58)39(34(41(45,46)47)18-12-20-49-39)28-14-8-10-16-30(28)55-32(24-57)26(2)51-36(55)22-53(5)6/h7-20,48-49,56-57H,21-24H2,1-6H3. The molecule has 0 saturated heterocycles. The number of halogens is 6. The number of nitrogens with zero attached hydrogens (tertiary/aromatic N) is 6. The summed E-state index contributed by atoms with van der Waals surface area (Å²) in [5.41, 5.74) is -8.88. The van der Waals surface area contributed by atoms with E-state index in [4.69, 9.17) is 0 Å². The molecule has 6 rings (SSSR count). The van der Waals surface area contributed by atoms with Crippen molar-refractivity contribution < 1.29 is 41.4 Å². The molecular formula is C41H44F6N8O3. The fraction of sp³-hybridized carbons (Fsp3) is 0.341. The van der Waals surface area contributed by atoms with Gasteiger partial charge in [0.2, 0.25) is 5.78 Å². The molecule has 2 aliphatic rings. The van der Waals surface area contributed by atoms with Gasteiger partial charge in [-0.05, 0) is 90.9 Å². The van der Waals surface area contributed by atoms with Gasteiger partial charge in [-0.3, -0.25) is 13.9 Å². The molecule has 11 nitrogen and oxygen atoms in total. The molecule has 0 amide bonds. The van der Waals surface area contributed by atoms with Crippen molar-refractivity contribution in [2.24, 2.45) is 0 Å².